The van der Waals surface area contributed by atoms with Gasteiger partial charge in [0.25, 0.3) is 11.5 Å². The molecule has 1 aliphatic rings. The maximum atomic E-state index is 13.2. The highest BCUT2D eigenvalue weighted by Crippen LogP contribution is 2.23. The molecule has 1 saturated heterocycles. The van der Waals surface area contributed by atoms with Gasteiger partial charge >= 0.3 is 0 Å². The predicted octanol–water partition coefficient (Wildman–Crippen LogP) is 4.38. The number of nitrogens with zero attached hydrogens (tertiary/aromatic N) is 2. The molecule has 2 atom stereocenters. The van der Waals surface area contributed by atoms with Crippen LogP contribution in [-0.4, -0.2) is 47.7 Å². The molecule has 33 heavy (non-hydrogen) atoms. The number of benzene rings is 2. The van der Waals surface area contributed by atoms with E-state index in [0.717, 1.165) is 13.0 Å². The van der Waals surface area contributed by atoms with E-state index in [1.54, 1.807) is 25.4 Å². The second-order valence-corrected chi connectivity index (χ2v) is 8.94. The summed E-state index contributed by atoms with van der Waals surface area (Å²) in [5.41, 5.74) is 0.989. The average Bonchev–Trinajstić information content (AvgIpc) is 2.83. The molecule has 0 radical (unpaired) electrons. The first-order valence-electron chi connectivity index (χ1n) is 11.8. The van der Waals surface area contributed by atoms with Crippen molar-refractivity contribution in [1.82, 2.24) is 14.8 Å². The number of carbonyl (C=O) groups is 1. The quantitative estimate of drug-likeness (QED) is 0.546. The van der Waals surface area contributed by atoms with Gasteiger partial charge in [0, 0.05) is 48.2 Å². The number of carbonyl (C=O) groups excluding carboxylic acids is 1. The Bertz CT molecular complexity index is 1180. The first kappa shape index (κ1) is 23.1. The van der Waals surface area contributed by atoms with E-state index in [9.17, 15) is 9.59 Å². The van der Waals surface area contributed by atoms with E-state index in [-0.39, 0.29) is 11.5 Å². The number of rotatable bonds is 7. The summed E-state index contributed by atoms with van der Waals surface area (Å²) in [7, 11) is 1.59. The van der Waals surface area contributed by atoms with Gasteiger partial charge < -0.3 is 10.1 Å². The molecule has 0 spiro atoms. The van der Waals surface area contributed by atoms with Crippen LogP contribution in [0.3, 0.4) is 0 Å². The average molecular weight is 448 g/mol. The monoisotopic (exact) mass is 447 g/mol. The van der Waals surface area contributed by atoms with Crippen LogP contribution >= 0.6 is 0 Å². The lowest BCUT2D eigenvalue weighted by atomic mass is 9.97. The molecule has 4 rings (SSSR count). The van der Waals surface area contributed by atoms with Crippen molar-refractivity contribution in [3.8, 4) is 11.4 Å². The Morgan fingerprint density at radius 1 is 1.06 bits per heavy atom. The lowest BCUT2D eigenvalue weighted by molar-refractivity contribution is 0.0926. The number of aromatic nitrogens is 1. The third-order valence-corrected chi connectivity index (χ3v) is 6.76. The van der Waals surface area contributed by atoms with Gasteiger partial charge in [0.05, 0.1) is 18.4 Å². The summed E-state index contributed by atoms with van der Waals surface area (Å²) >= 11 is 0. The van der Waals surface area contributed by atoms with E-state index in [4.69, 9.17) is 4.74 Å². The number of pyridine rings is 1. The fourth-order valence-electron chi connectivity index (χ4n) is 4.90. The van der Waals surface area contributed by atoms with Crippen LogP contribution in [0.2, 0.25) is 0 Å². The van der Waals surface area contributed by atoms with Crippen molar-refractivity contribution < 1.29 is 9.53 Å². The van der Waals surface area contributed by atoms with Crippen LogP contribution in [0.25, 0.3) is 16.5 Å². The number of ether oxygens (including phenoxy) is 1. The molecule has 3 aromatic rings. The Balaban J connectivity index is 1.55. The summed E-state index contributed by atoms with van der Waals surface area (Å²) < 4.78 is 6.84. The van der Waals surface area contributed by atoms with Crippen molar-refractivity contribution in [3.63, 3.8) is 0 Å². The number of piperidine rings is 1. The highest BCUT2D eigenvalue weighted by molar-refractivity contribution is 6.06. The number of hydrogen-bond acceptors (Lipinski definition) is 4. The van der Waals surface area contributed by atoms with Gasteiger partial charge in [-0.3, -0.25) is 19.1 Å². The lowest BCUT2D eigenvalue weighted by Gasteiger charge is -2.39. The number of likely N-dealkylation sites (tertiary alicyclic amines) is 1. The summed E-state index contributed by atoms with van der Waals surface area (Å²) in [6.45, 7) is 6.17. The van der Waals surface area contributed by atoms with E-state index < -0.39 is 0 Å². The Hall–Kier alpha value is -3.12. The van der Waals surface area contributed by atoms with Crippen molar-refractivity contribution in [1.29, 1.82) is 0 Å². The van der Waals surface area contributed by atoms with Crippen molar-refractivity contribution in [2.45, 2.75) is 51.6 Å². The summed E-state index contributed by atoms with van der Waals surface area (Å²) in [4.78, 5) is 28.9. The third-order valence-electron chi connectivity index (χ3n) is 6.76. The fourth-order valence-corrected chi connectivity index (χ4v) is 4.90. The zero-order valence-corrected chi connectivity index (χ0v) is 19.7. The summed E-state index contributed by atoms with van der Waals surface area (Å²) in [5, 5.41) is 4.26. The van der Waals surface area contributed by atoms with E-state index in [2.05, 4.69) is 24.1 Å². The first-order valence-corrected chi connectivity index (χ1v) is 11.8. The van der Waals surface area contributed by atoms with Crippen LogP contribution in [0, 0.1) is 0 Å². The molecule has 1 amide bonds. The molecule has 1 aliphatic heterocycles. The smallest absolute Gasteiger partial charge is 0.262 e. The number of nitrogens with one attached hydrogen (secondary N) is 1. The SMILES string of the molecule is COc1cccc(-n2cc(C(=O)NCCCN3[C@H](C)CCC[C@@H]3C)c3ccccc3c2=O)c1. The minimum absolute atomic E-state index is 0.163. The van der Waals surface area contributed by atoms with Crippen LogP contribution in [0.15, 0.2) is 59.5 Å². The molecule has 1 N–H and O–H groups in total. The van der Waals surface area contributed by atoms with Gasteiger partial charge in [-0.1, -0.05) is 30.7 Å². The van der Waals surface area contributed by atoms with Crippen molar-refractivity contribution >= 4 is 16.7 Å². The number of methoxy groups -OCH3 is 1. The molecule has 2 aromatic carbocycles. The predicted molar refractivity (Wildman–Crippen MR) is 133 cm³/mol. The normalized spacial score (nSPS) is 18.9. The summed E-state index contributed by atoms with van der Waals surface area (Å²) in [6, 6.07) is 15.8. The van der Waals surface area contributed by atoms with Crippen LogP contribution in [0.5, 0.6) is 5.75 Å². The van der Waals surface area contributed by atoms with Crippen LogP contribution in [0.4, 0.5) is 0 Å². The fraction of sp³-hybridized carbons (Fsp3) is 0.407. The zero-order chi connectivity index (χ0) is 23.4. The van der Waals surface area contributed by atoms with Gasteiger partial charge in [-0.05, 0) is 51.3 Å². The molecule has 0 unspecified atom stereocenters. The number of hydrogen-bond donors (Lipinski definition) is 1. The zero-order valence-electron chi connectivity index (χ0n) is 19.7. The van der Waals surface area contributed by atoms with Crippen LogP contribution < -0.4 is 15.6 Å². The molecule has 6 heteroatoms. The standard InChI is InChI=1S/C27H33N3O3/c1-19-9-6-10-20(2)29(19)16-8-15-28-26(31)25-18-30(21-11-7-12-22(17-21)33-3)27(32)24-14-5-4-13-23(24)25/h4-5,7,11-14,17-20H,6,8-10,15-16H2,1-3H3,(H,28,31)/t19-,20+. The summed E-state index contributed by atoms with van der Waals surface area (Å²) in [6.07, 6.45) is 6.33. The molecule has 2 heterocycles. The van der Waals surface area contributed by atoms with Crippen molar-refractivity contribution in [2.24, 2.45) is 0 Å². The van der Waals surface area contributed by atoms with E-state index in [0.29, 0.717) is 46.4 Å². The largest absolute Gasteiger partial charge is 0.497 e. The molecular formula is C27H33N3O3. The van der Waals surface area contributed by atoms with E-state index in [1.807, 2.05) is 36.4 Å². The van der Waals surface area contributed by atoms with Crippen LogP contribution in [-0.2, 0) is 0 Å². The molecule has 0 aliphatic carbocycles. The van der Waals surface area contributed by atoms with E-state index in [1.165, 1.54) is 23.8 Å². The molecule has 0 bridgehead atoms. The molecule has 0 saturated carbocycles. The van der Waals surface area contributed by atoms with Crippen molar-refractivity contribution in [3.05, 3.63) is 70.6 Å². The Kier molecular flexibility index (Phi) is 7.14. The Labute approximate surface area is 195 Å². The number of fused-ring (bicyclic) bond motifs is 1. The van der Waals surface area contributed by atoms with Gasteiger partial charge in [-0.25, -0.2) is 0 Å². The maximum absolute atomic E-state index is 13.2. The van der Waals surface area contributed by atoms with Gasteiger partial charge in [0.15, 0.2) is 0 Å². The molecule has 1 fully saturated rings. The molecule has 174 valence electrons. The third kappa shape index (κ3) is 4.96. The van der Waals surface area contributed by atoms with Gasteiger partial charge in [0.2, 0.25) is 0 Å². The highest BCUT2D eigenvalue weighted by Gasteiger charge is 2.24. The second-order valence-electron chi connectivity index (χ2n) is 8.94. The highest BCUT2D eigenvalue weighted by atomic mass is 16.5. The topological polar surface area (TPSA) is 63.6 Å². The molecular weight excluding hydrogens is 414 g/mol. The Morgan fingerprint density at radius 2 is 1.79 bits per heavy atom. The lowest BCUT2D eigenvalue weighted by Crippen LogP contribution is -2.44. The van der Waals surface area contributed by atoms with Crippen LogP contribution in [0.1, 0.15) is 49.9 Å². The molecule has 6 nitrogen and oxygen atoms in total. The number of amides is 1. The maximum Gasteiger partial charge on any atom is 0.262 e. The minimum atomic E-state index is -0.164. The molecule has 1 aromatic heterocycles. The van der Waals surface area contributed by atoms with Gasteiger partial charge in [0.1, 0.15) is 5.75 Å². The van der Waals surface area contributed by atoms with E-state index >= 15 is 0 Å². The minimum Gasteiger partial charge on any atom is -0.497 e. The van der Waals surface area contributed by atoms with Crippen molar-refractivity contribution in [2.75, 3.05) is 20.2 Å². The van der Waals surface area contributed by atoms with Gasteiger partial charge in [-0.2, -0.15) is 0 Å². The second kappa shape index (κ2) is 10.2. The first-order chi connectivity index (χ1) is 16.0. The van der Waals surface area contributed by atoms with Gasteiger partial charge in [-0.15, -0.1) is 0 Å². The Morgan fingerprint density at radius 3 is 2.52 bits per heavy atom. The summed E-state index contributed by atoms with van der Waals surface area (Å²) in [5.74, 6) is 0.488.